The van der Waals surface area contributed by atoms with Crippen molar-refractivity contribution in [1.82, 2.24) is 9.88 Å². The number of benzene rings is 1. The fourth-order valence-electron chi connectivity index (χ4n) is 4.29. The minimum Gasteiger partial charge on any atom is -0.490 e. The summed E-state index contributed by atoms with van der Waals surface area (Å²) >= 11 is 0. The molecule has 0 unspecified atom stereocenters. The Labute approximate surface area is 171 Å². The third-order valence-corrected chi connectivity index (χ3v) is 5.84. The van der Waals surface area contributed by atoms with E-state index in [2.05, 4.69) is 15.2 Å². The zero-order valence-electron chi connectivity index (χ0n) is 16.7. The molecule has 1 N–H and O–H groups in total. The number of nitrogens with zero attached hydrogens (tertiary/aromatic N) is 2. The molecule has 1 saturated heterocycles. The van der Waals surface area contributed by atoms with Crippen LogP contribution in [0.15, 0.2) is 36.7 Å². The first-order valence-corrected chi connectivity index (χ1v) is 10.6. The summed E-state index contributed by atoms with van der Waals surface area (Å²) in [5, 5.41) is 2.87. The first kappa shape index (κ1) is 19.8. The van der Waals surface area contributed by atoms with E-state index in [1.54, 1.807) is 24.5 Å². The van der Waals surface area contributed by atoms with Crippen molar-refractivity contribution in [3.8, 4) is 5.75 Å². The molecule has 29 heavy (non-hydrogen) atoms. The lowest BCUT2D eigenvalue weighted by molar-refractivity contribution is -0.116. The Bertz CT molecular complexity index is 836. The Hall–Kier alpha value is -2.47. The second kappa shape index (κ2) is 9.35. The number of hydrogen-bond donors (Lipinski definition) is 1. The van der Waals surface area contributed by atoms with Crippen molar-refractivity contribution < 1.29 is 13.9 Å². The highest BCUT2D eigenvalue weighted by Gasteiger charge is 2.24. The average molecular weight is 397 g/mol. The third kappa shape index (κ3) is 5.12. The Kier molecular flexibility index (Phi) is 6.39. The fraction of sp³-hybridized carbons (Fsp3) is 0.478. The Morgan fingerprint density at radius 3 is 2.83 bits per heavy atom. The molecule has 2 aromatic rings. The van der Waals surface area contributed by atoms with Crippen LogP contribution in [0.2, 0.25) is 0 Å². The molecule has 4 rings (SSSR count). The lowest BCUT2D eigenvalue weighted by atomic mass is 10.1. The van der Waals surface area contributed by atoms with Gasteiger partial charge in [-0.05, 0) is 74.9 Å². The van der Waals surface area contributed by atoms with Crippen molar-refractivity contribution in [3.63, 3.8) is 0 Å². The van der Waals surface area contributed by atoms with Gasteiger partial charge in [0, 0.05) is 31.3 Å². The molecule has 0 spiro atoms. The van der Waals surface area contributed by atoms with Crippen LogP contribution in [0.5, 0.6) is 5.75 Å². The molecule has 1 aromatic heterocycles. The topological polar surface area (TPSA) is 54.5 Å². The number of likely N-dealkylation sites (tertiary alicyclic amines) is 1. The Morgan fingerprint density at radius 1 is 1.21 bits per heavy atom. The number of aromatic nitrogens is 1. The van der Waals surface area contributed by atoms with Crippen LogP contribution in [0, 0.1) is 5.82 Å². The van der Waals surface area contributed by atoms with Crippen LogP contribution in [0.1, 0.15) is 43.2 Å². The van der Waals surface area contributed by atoms with E-state index in [0.717, 1.165) is 80.7 Å². The van der Waals surface area contributed by atoms with Crippen molar-refractivity contribution in [2.45, 2.75) is 51.0 Å². The molecule has 6 heteroatoms. The van der Waals surface area contributed by atoms with E-state index < -0.39 is 0 Å². The zero-order chi connectivity index (χ0) is 20.1. The summed E-state index contributed by atoms with van der Waals surface area (Å²) in [5.74, 6) is 0.818. The number of ether oxygens (including phenoxy) is 1. The molecule has 154 valence electrons. The molecule has 2 aliphatic rings. The van der Waals surface area contributed by atoms with Gasteiger partial charge in [0.15, 0.2) is 0 Å². The fourth-order valence-corrected chi connectivity index (χ4v) is 4.29. The normalized spacial score (nSPS) is 17.1. The second-order valence-electron chi connectivity index (χ2n) is 7.91. The molecule has 0 bridgehead atoms. The van der Waals surface area contributed by atoms with E-state index >= 15 is 0 Å². The summed E-state index contributed by atoms with van der Waals surface area (Å²) in [4.78, 5) is 18.4. The van der Waals surface area contributed by atoms with Crippen molar-refractivity contribution in [1.29, 1.82) is 0 Å². The van der Waals surface area contributed by atoms with Crippen LogP contribution in [-0.2, 0) is 17.6 Å². The van der Waals surface area contributed by atoms with Crippen LogP contribution < -0.4 is 10.1 Å². The van der Waals surface area contributed by atoms with Gasteiger partial charge >= 0.3 is 0 Å². The number of halogens is 1. The maximum atomic E-state index is 13.9. The molecular weight excluding hydrogens is 369 g/mol. The van der Waals surface area contributed by atoms with Crippen molar-refractivity contribution in [2.75, 3.05) is 25.0 Å². The van der Waals surface area contributed by atoms with Crippen molar-refractivity contribution >= 4 is 11.6 Å². The molecule has 2 heterocycles. The van der Waals surface area contributed by atoms with Gasteiger partial charge in [-0.25, -0.2) is 4.39 Å². The zero-order valence-corrected chi connectivity index (χ0v) is 16.7. The van der Waals surface area contributed by atoms with E-state index in [1.807, 2.05) is 12.1 Å². The van der Waals surface area contributed by atoms with E-state index in [0.29, 0.717) is 6.42 Å². The molecular formula is C23H28FN3O2. The molecule has 1 fully saturated rings. The molecule has 0 atom stereocenters. The van der Waals surface area contributed by atoms with Gasteiger partial charge in [0.1, 0.15) is 17.7 Å². The number of fused-ring (bicyclic) bond motifs is 1. The highest BCUT2D eigenvalue weighted by Crippen LogP contribution is 2.34. The lowest BCUT2D eigenvalue weighted by Gasteiger charge is -2.32. The lowest BCUT2D eigenvalue weighted by Crippen LogP contribution is -2.39. The predicted molar refractivity (Wildman–Crippen MR) is 111 cm³/mol. The minimum atomic E-state index is -0.0905. The Balaban J connectivity index is 1.18. The van der Waals surface area contributed by atoms with Gasteiger partial charge in [-0.1, -0.05) is 0 Å². The number of amides is 1. The Morgan fingerprint density at radius 2 is 2.03 bits per heavy atom. The first-order valence-electron chi connectivity index (χ1n) is 10.6. The number of piperidine rings is 1. The number of carbonyl (C=O) groups is 1. The van der Waals surface area contributed by atoms with Gasteiger partial charge in [-0.2, -0.15) is 0 Å². The summed E-state index contributed by atoms with van der Waals surface area (Å²) < 4.78 is 20.2. The average Bonchev–Trinajstić information content (AvgIpc) is 3.23. The van der Waals surface area contributed by atoms with E-state index in [4.69, 9.17) is 4.74 Å². The highest BCUT2D eigenvalue weighted by atomic mass is 19.1. The predicted octanol–water partition coefficient (Wildman–Crippen LogP) is 3.97. The van der Waals surface area contributed by atoms with Gasteiger partial charge in [0.05, 0.1) is 11.9 Å². The SMILES string of the molecule is O=C(CCCN1CCC(Oc2ccc(F)c3c2CCC3)CC1)Nc1cccnc1. The summed E-state index contributed by atoms with van der Waals surface area (Å²) in [7, 11) is 0. The summed E-state index contributed by atoms with van der Waals surface area (Å²) in [6, 6.07) is 6.99. The first-order chi connectivity index (χ1) is 14.2. The van der Waals surface area contributed by atoms with Crippen LogP contribution in [-0.4, -0.2) is 41.5 Å². The van der Waals surface area contributed by atoms with Gasteiger partial charge in [0.25, 0.3) is 0 Å². The standard InChI is InChI=1S/C23H28FN3O2/c24-21-8-9-22(20-6-1-5-19(20)21)29-18-10-14-27(15-11-18)13-3-7-23(28)26-17-4-2-12-25-16-17/h2,4,8-9,12,16,18H,1,3,5-7,10-11,13-15H2,(H,26,28). The smallest absolute Gasteiger partial charge is 0.224 e. The van der Waals surface area contributed by atoms with Crippen LogP contribution in [0.25, 0.3) is 0 Å². The maximum Gasteiger partial charge on any atom is 0.224 e. The van der Waals surface area contributed by atoms with E-state index in [-0.39, 0.29) is 17.8 Å². The summed E-state index contributed by atoms with van der Waals surface area (Å²) in [6.45, 7) is 2.86. The van der Waals surface area contributed by atoms with Crippen molar-refractivity contribution in [3.05, 3.63) is 53.6 Å². The minimum absolute atomic E-state index is 0.0291. The van der Waals surface area contributed by atoms with Crippen LogP contribution in [0.3, 0.4) is 0 Å². The number of pyridine rings is 1. The second-order valence-corrected chi connectivity index (χ2v) is 7.91. The van der Waals surface area contributed by atoms with Crippen LogP contribution in [0.4, 0.5) is 10.1 Å². The number of carbonyl (C=O) groups excluding carboxylic acids is 1. The highest BCUT2D eigenvalue weighted by molar-refractivity contribution is 5.90. The molecule has 5 nitrogen and oxygen atoms in total. The molecule has 1 aliphatic heterocycles. The van der Waals surface area contributed by atoms with Gasteiger partial charge in [-0.3, -0.25) is 9.78 Å². The molecule has 1 aliphatic carbocycles. The summed E-state index contributed by atoms with van der Waals surface area (Å²) in [6.07, 6.45) is 9.56. The number of rotatable bonds is 7. The monoisotopic (exact) mass is 397 g/mol. The van der Waals surface area contributed by atoms with Gasteiger partial charge in [-0.15, -0.1) is 0 Å². The molecule has 1 amide bonds. The quantitative estimate of drug-likeness (QED) is 0.768. The van der Waals surface area contributed by atoms with Gasteiger partial charge in [0.2, 0.25) is 5.91 Å². The van der Waals surface area contributed by atoms with Crippen molar-refractivity contribution in [2.24, 2.45) is 0 Å². The molecule has 0 radical (unpaired) electrons. The largest absolute Gasteiger partial charge is 0.490 e. The number of nitrogens with one attached hydrogen (secondary N) is 1. The summed E-state index contributed by atoms with van der Waals surface area (Å²) in [5.41, 5.74) is 2.67. The number of hydrogen-bond acceptors (Lipinski definition) is 4. The molecule has 0 saturated carbocycles. The third-order valence-electron chi connectivity index (χ3n) is 5.84. The molecule has 1 aromatic carbocycles. The van der Waals surface area contributed by atoms with Crippen LogP contribution >= 0.6 is 0 Å². The number of anilines is 1. The maximum absolute atomic E-state index is 13.9. The van der Waals surface area contributed by atoms with Gasteiger partial charge < -0.3 is 15.0 Å². The van der Waals surface area contributed by atoms with E-state index in [1.165, 1.54) is 0 Å². The van der Waals surface area contributed by atoms with E-state index in [9.17, 15) is 9.18 Å².